The third kappa shape index (κ3) is 3.88. The summed E-state index contributed by atoms with van der Waals surface area (Å²) in [5.74, 6) is 0.698. The van der Waals surface area contributed by atoms with E-state index < -0.39 is 11.9 Å². The Morgan fingerprint density at radius 2 is 1.35 bits per heavy atom. The van der Waals surface area contributed by atoms with Crippen LogP contribution in [0.1, 0.15) is 28.4 Å². The molecule has 0 atom stereocenters. The van der Waals surface area contributed by atoms with Gasteiger partial charge in [-0.1, -0.05) is 0 Å². The molecular formula is C18H18O5. The average molecular weight is 314 g/mol. The van der Waals surface area contributed by atoms with Gasteiger partial charge in [-0.15, -0.1) is 0 Å². The molecule has 120 valence electrons. The Hall–Kier alpha value is -2.82. The fourth-order valence-electron chi connectivity index (χ4n) is 2.03. The molecule has 0 heterocycles. The van der Waals surface area contributed by atoms with Crippen LogP contribution in [-0.2, 0) is 4.79 Å². The van der Waals surface area contributed by atoms with E-state index in [9.17, 15) is 9.59 Å². The van der Waals surface area contributed by atoms with E-state index in [1.54, 1.807) is 57.4 Å². The second-order valence-corrected chi connectivity index (χ2v) is 5.02. The highest BCUT2D eigenvalue weighted by Gasteiger charge is 2.14. The molecule has 0 amide bonds. The molecule has 0 saturated heterocycles. The minimum absolute atomic E-state index is 0.393. The van der Waals surface area contributed by atoms with Crippen LogP contribution in [0.2, 0.25) is 0 Å². The monoisotopic (exact) mass is 314 g/mol. The third-order valence-corrected chi connectivity index (χ3v) is 3.47. The summed E-state index contributed by atoms with van der Waals surface area (Å²) in [7, 11) is 1.56. The minimum atomic E-state index is -0.463. The first-order valence-electron chi connectivity index (χ1n) is 7.07. The molecule has 2 aromatic rings. The molecule has 0 radical (unpaired) electrons. The summed E-state index contributed by atoms with van der Waals surface area (Å²) < 4.78 is 15.6. The van der Waals surface area contributed by atoms with Gasteiger partial charge in [0.2, 0.25) is 0 Å². The summed E-state index contributed by atoms with van der Waals surface area (Å²) in [5.41, 5.74) is 1.91. The van der Waals surface area contributed by atoms with Crippen LogP contribution >= 0.6 is 0 Å². The predicted molar refractivity (Wildman–Crippen MR) is 85.2 cm³/mol. The van der Waals surface area contributed by atoms with Crippen molar-refractivity contribution in [3.63, 3.8) is 0 Å². The zero-order valence-corrected chi connectivity index (χ0v) is 13.5. The van der Waals surface area contributed by atoms with Crippen LogP contribution < -0.4 is 14.2 Å². The van der Waals surface area contributed by atoms with Crippen molar-refractivity contribution >= 4 is 11.9 Å². The second kappa shape index (κ2) is 6.96. The van der Waals surface area contributed by atoms with Crippen molar-refractivity contribution in [3.05, 3.63) is 53.1 Å². The van der Waals surface area contributed by atoms with Crippen LogP contribution in [0.25, 0.3) is 0 Å². The number of ether oxygens (including phenoxy) is 3. The molecule has 0 aliphatic carbocycles. The number of esters is 2. The maximum atomic E-state index is 12.2. The van der Waals surface area contributed by atoms with Gasteiger partial charge >= 0.3 is 11.9 Å². The standard InChI is InChI=1S/C18H18O5/c1-11-12(2)17(10-9-16(11)22-13(3)19)23-18(20)14-5-7-15(21-4)8-6-14/h5-10H,1-4H3. The van der Waals surface area contributed by atoms with E-state index in [-0.39, 0.29) is 0 Å². The van der Waals surface area contributed by atoms with Crippen LogP contribution in [0.5, 0.6) is 17.2 Å². The molecule has 0 aromatic heterocycles. The number of carbonyl (C=O) groups is 2. The summed E-state index contributed by atoms with van der Waals surface area (Å²) in [5, 5.41) is 0. The molecule has 0 unspecified atom stereocenters. The number of benzene rings is 2. The fraction of sp³-hybridized carbons (Fsp3) is 0.222. The van der Waals surface area contributed by atoms with Crippen molar-refractivity contribution in [2.24, 2.45) is 0 Å². The maximum Gasteiger partial charge on any atom is 0.343 e. The van der Waals surface area contributed by atoms with Gasteiger partial charge in [0.15, 0.2) is 0 Å². The summed E-state index contributed by atoms with van der Waals surface area (Å²) in [6.07, 6.45) is 0. The van der Waals surface area contributed by atoms with Crippen molar-refractivity contribution in [1.82, 2.24) is 0 Å². The Morgan fingerprint density at radius 3 is 1.83 bits per heavy atom. The molecule has 0 aliphatic heterocycles. The van der Waals surface area contributed by atoms with E-state index in [1.807, 2.05) is 0 Å². The van der Waals surface area contributed by atoms with Gasteiger partial charge in [-0.25, -0.2) is 4.79 Å². The van der Waals surface area contributed by atoms with E-state index in [0.717, 1.165) is 11.1 Å². The Labute approximate surface area is 134 Å². The Balaban J connectivity index is 2.20. The van der Waals surface area contributed by atoms with Crippen molar-refractivity contribution in [1.29, 1.82) is 0 Å². The largest absolute Gasteiger partial charge is 0.497 e. The molecule has 5 nitrogen and oxygen atoms in total. The van der Waals surface area contributed by atoms with Crippen molar-refractivity contribution in [3.8, 4) is 17.2 Å². The molecule has 0 aliphatic rings. The predicted octanol–water partition coefficient (Wildman–Crippen LogP) is 3.46. The number of hydrogen-bond acceptors (Lipinski definition) is 5. The van der Waals surface area contributed by atoms with Crippen LogP contribution in [0.15, 0.2) is 36.4 Å². The van der Waals surface area contributed by atoms with Crippen LogP contribution in [0.3, 0.4) is 0 Å². The normalized spacial score (nSPS) is 10.1. The number of methoxy groups -OCH3 is 1. The molecule has 0 spiro atoms. The van der Waals surface area contributed by atoms with E-state index >= 15 is 0 Å². The minimum Gasteiger partial charge on any atom is -0.497 e. The van der Waals surface area contributed by atoms with E-state index in [0.29, 0.717) is 22.8 Å². The summed E-state index contributed by atoms with van der Waals surface area (Å²) >= 11 is 0. The van der Waals surface area contributed by atoms with Crippen molar-refractivity contribution in [2.75, 3.05) is 7.11 Å². The Morgan fingerprint density at radius 1 is 0.826 bits per heavy atom. The zero-order valence-electron chi connectivity index (χ0n) is 13.5. The highest BCUT2D eigenvalue weighted by atomic mass is 16.5. The summed E-state index contributed by atoms with van der Waals surface area (Å²) in [4.78, 5) is 23.3. The van der Waals surface area contributed by atoms with Crippen LogP contribution in [0, 0.1) is 13.8 Å². The molecule has 23 heavy (non-hydrogen) atoms. The first-order valence-corrected chi connectivity index (χ1v) is 7.07. The lowest BCUT2D eigenvalue weighted by atomic mass is 10.1. The maximum absolute atomic E-state index is 12.2. The lowest BCUT2D eigenvalue weighted by Gasteiger charge is -2.13. The van der Waals surface area contributed by atoms with Crippen molar-refractivity contribution in [2.45, 2.75) is 20.8 Å². The quantitative estimate of drug-likeness (QED) is 0.639. The molecule has 0 N–H and O–H groups in total. The topological polar surface area (TPSA) is 61.8 Å². The molecule has 0 fully saturated rings. The summed E-state index contributed by atoms with van der Waals surface area (Å²) in [6, 6.07) is 9.88. The molecule has 5 heteroatoms. The van der Waals surface area contributed by atoms with Gasteiger partial charge in [-0.05, 0) is 61.4 Å². The first kappa shape index (κ1) is 16.5. The summed E-state index contributed by atoms with van der Waals surface area (Å²) in [6.45, 7) is 4.95. The Kier molecular flexibility index (Phi) is 5.01. The van der Waals surface area contributed by atoms with Crippen LogP contribution in [0.4, 0.5) is 0 Å². The number of hydrogen-bond donors (Lipinski definition) is 0. The van der Waals surface area contributed by atoms with Crippen LogP contribution in [-0.4, -0.2) is 19.0 Å². The highest BCUT2D eigenvalue weighted by Crippen LogP contribution is 2.30. The molecular weight excluding hydrogens is 296 g/mol. The van der Waals surface area contributed by atoms with Gasteiger partial charge in [0, 0.05) is 6.92 Å². The average Bonchev–Trinajstić information content (AvgIpc) is 2.54. The lowest BCUT2D eigenvalue weighted by Crippen LogP contribution is -2.10. The zero-order chi connectivity index (χ0) is 17.0. The van der Waals surface area contributed by atoms with Crippen molar-refractivity contribution < 1.29 is 23.8 Å². The smallest absolute Gasteiger partial charge is 0.343 e. The van der Waals surface area contributed by atoms with Gasteiger partial charge < -0.3 is 14.2 Å². The van der Waals surface area contributed by atoms with Gasteiger partial charge in [0.05, 0.1) is 12.7 Å². The Bertz CT molecular complexity index is 732. The number of rotatable bonds is 4. The fourth-order valence-corrected chi connectivity index (χ4v) is 2.03. The van der Waals surface area contributed by atoms with Gasteiger partial charge in [-0.2, -0.15) is 0 Å². The second-order valence-electron chi connectivity index (χ2n) is 5.02. The van der Waals surface area contributed by atoms with E-state index in [4.69, 9.17) is 14.2 Å². The molecule has 2 aromatic carbocycles. The van der Waals surface area contributed by atoms with E-state index in [2.05, 4.69) is 0 Å². The molecule has 0 bridgehead atoms. The molecule has 2 rings (SSSR count). The lowest BCUT2D eigenvalue weighted by molar-refractivity contribution is -0.131. The first-order chi connectivity index (χ1) is 10.9. The third-order valence-electron chi connectivity index (χ3n) is 3.47. The van der Waals surface area contributed by atoms with Gasteiger partial charge in [0.25, 0.3) is 0 Å². The number of carbonyl (C=O) groups excluding carboxylic acids is 2. The van der Waals surface area contributed by atoms with E-state index in [1.165, 1.54) is 6.92 Å². The van der Waals surface area contributed by atoms with Gasteiger partial charge in [0.1, 0.15) is 17.2 Å². The molecule has 0 saturated carbocycles. The van der Waals surface area contributed by atoms with Gasteiger partial charge in [-0.3, -0.25) is 4.79 Å². The highest BCUT2D eigenvalue weighted by molar-refractivity contribution is 5.91. The SMILES string of the molecule is COc1ccc(C(=O)Oc2ccc(OC(C)=O)c(C)c2C)cc1.